The minimum absolute atomic E-state index is 0.0524. The minimum atomic E-state index is -0.0524. The summed E-state index contributed by atoms with van der Waals surface area (Å²) in [6.45, 7) is 0. The number of para-hydroxylation sites is 1. The van der Waals surface area contributed by atoms with Gasteiger partial charge in [-0.15, -0.1) is 0 Å². The molecule has 0 spiro atoms. The first-order valence-corrected chi connectivity index (χ1v) is 9.67. The van der Waals surface area contributed by atoms with Crippen LogP contribution < -0.4 is 0 Å². The van der Waals surface area contributed by atoms with Crippen LogP contribution in [-0.4, -0.2) is 21.4 Å². The second-order valence-corrected chi connectivity index (χ2v) is 7.29. The Balaban J connectivity index is 1.59. The van der Waals surface area contributed by atoms with E-state index in [1.807, 2.05) is 53.2 Å². The number of rotatable bonds is 2. The van der Waals surface area contributed by atoms with Crippen LogP contribution in [0.25, 0.3) is 32.8 Å². The molecule has 4 aromatic carbocycles. The predicted octanol–water partition coefficient (Wildman–Crippen LogP) is 6.21. The Morgan fingerprint density at radius 1 is 0.655 bits per heavy atom. The van der Waals surface area contributed by atoms with Gasteiger partial charge in [0.1, 0.15) is 17.6 Å². The SMILES string of the molecule is O=C1n2c(ccc2-c2cc3ccccc3c3ccccc23)C=[N+]1c1ccccc1. The fourth-order valence-electron chi connectivity index (χ4n) is 4.31. The summed E-state index contributed by atoms with van der Waals surface area (Å²) in [7, 11) is 0. The number of nitrogens with zero attached hydrogens (tertiary/aromatic N) is 2. The third-order valence-electron chi connectivity index (χ3n) is 5.65. The Bertz CT molecular complexity index is 1460. The number of amides is 1. The number of hydrogen-bond acceptors (Lipinski definition) is 1. The molecule has 0 radical (unpaired) electrons. The van der Waals surface area contributed by atoms with Crippen molar-refractivity contribution >= 4 is 39.5 Å². The molecule has 1 amide bonds. The monoisotopic (exact) mass is 373 g/mol. The van der Waals surface area contributed by atoms with Gasteiger partial charge in [-0.3, -0.25) is 0 Å². The Morgan fingerprint density at radius 3 is 2.17 bits per heavy atom. The van der Waals surface area contributed by atoms with Crippen molar-refractivity contribution in [3.8, 4) is 11.3 Å². The van der Waals surface area contributed by atoms with Gasteiger partial charge in [-0.05, 0) is 51.9 Å². The van der Waals surface area contributed by atoms with E-state index in [0.717, 1.165) is 28.0 Å². The standard InChI is InChI=1S/C26H17N2O/c29-26-27(19-9-2-1-3-10-19)17-20-14-15-25(28(20)26)24-16-18-8-4-5-11-21(18)22-12-6-7-13-23(22)24/h1-17H/q+1. The normalized spacial score (nSPS) is 13.1. The predicted molar refractivity (Wildman–Crippen MR) is 117 cm³/mol. The van der Waals surface area contributed by atoms with Gasteiger partial charge in [0.2, 0.25) is 0 Å². The summed E-state index contributed by atoms with van der Waals surface area (Å²) in [4.78, 5) is 13.3. The van der Waals surface area contributed by atoms with Gasteiger partial charge in [0.05, 0.1) is 0 Å². The zero-order valence-corrected chi connectivity index (χ0v) is 15.6. The first-order valence-electron chi connectivity index (χ1n) is 9.67. The molecule has 136 valence electrons. The number of carbonyl (C=O) groups excluding carboxylic acids is 1. The van der Waals surface area contributed by atoms with E-state index < -0.39 is 0 Å². The van der Waals surface area contributed by atoms with Crippen LogP contribution in [-0.2, 0) is 0 Å². The summed E-state index contributed by atoms with van der Waals surface area (Å²) in [6, 6.07) is 32.8. The van der Waals surface area contributed by atoms with Crippen molar-refractivity contribution in [2.24, 2.45) is 0 Å². The van der Waals surface area contributed by atoms with Crippen molar-refractivity contribution in [1.29, 1.82) is 0 Å². The highest BCUT2D eigenvalue weighted by Gasteiger charge is 2.35. The number of benzene rings is 4. The van der Waals surface area contributed by atoms with E-state index in [9.17, 15) is 4.79 Å². The number of fused-ring (bicyclic) bond motifs is 4. The molecule has 0 fully saturated rings. The lowest BCUT2D eigenvalue weighted by atomic mass is 9.96. The quantitative estimate of drug-likeness (QED) is 0.267. The Labute approximate surface area is 167 Å². The molecular weight excluding hydrogens is 356 g/mol. The van der Waals surface area contributed by atoms with Gasteiger partial charge in [0, 0.05) is 5.56 Å². The number of carbonyl (C=O) groups is 1. The molecule has 0 saturated heterocycles. The highest BCUT2D eigenvalue weighted by atomic mass is 16.2. The van der Waals surface area contributed by atoms with Crippen molar-refractivity contribution in [3.05, 3.63) is 103 Å². The van der Waals surface area contributed by atoms with Crippen LogP contribution in [0.2, 0.25) is 0 Å². The lowest BCUT2D eigenvalue weighted by Crippen LogP contribution is -2.17. The molecule has 0 aliphatic carbocycles. The van der Waals surface area contributed by atoms with E-state index in [-0.39, 0.29) is 6.03 Å². The van der Waals surface area contributed by atoms with Crippen molar-refractivity contribution in [2.75, 3.05) is 0 Å². The molecule has 0 bridgehead atoms. The molecule has 3 nitrogen and oxygen atoms in total. The molecule has 29 heavy (non-hydrogen) atoms. The number of aromatic nitrogens is 1. The van der Waals surface area contributed by atoms with Gasteiger partial charge in [0.15, 0.2) is 5.69 Å². The van der Waals surface area contributed by atoms with E-state index >= 15 is 0 Å². The Hall–Kier alpha value is -3.98. The van der Waals surface area contributed by atoms with Crippen LogP contribution in [0, 0.1) is 0 Å². The molecular formula is C26H17N2O+. The van der Waals surface area contributed by atoms with Crippen LogP contribution in [0.15, 0.2) is 97.1 Å². The summed E-state index contributed by atoms with van der Waals surface area (Å²) in [6.07, 6.45) is 1.91. The van der Waals surface area contributed by atoms with Crippen LogP contribution in [0.3, 0.4) is 0 Å². The molecule has 0 unspecified atom stereocenters. The lowest BCUT2D eigenvalue weighted by Gasteiger charge is -2.09. The molecule has 0 N–H and O–H groups in total. The van der Waals surface area contributed by atoms with Gasteiger partial charge in [-0.1, -0.05) is 66.7 Å². The second-order valence-electron chi connectivity index (χ2n) is 7.29. The molecule has 0 atom stereocenters. The zero-order chi connectivity index (χ0) is 19.4. The highest BCUT2D eigenvalue weighted by Crippen LogP contribution is 2.36. The minimum Gasteiger partial charge on any atom is -0.196 e. The summed E-state index contributed by atoms with van der Waals surface area (Å²) in [5.41, 5.74) is 3.76. The fourth-order valence-corrected chi connectivity index (χ4v) is 4.31. The first-order chi connectivity index (χ1) is 14.3. The van der Waals surface area contributed by atoms with E-state index in [0.29, 0.717) is 0 Å². The van der Waals surface area contributed by atoms with Gasteiger partial charge < -0.3 is 0 Å². The largest absolute Gasteiger partial charge is 0.509 e. The van der Waals surface area contributed by atoms with Crippen molar-refractivity contribution in [3.63, 3.8) is 0 Å². The maximum atomic E-state index is 13.3. The molecule has 5 aromatic rings. The van der Waals surface area contributed by atoms with E-state index in [1.54, 1.807) is 4.58 Å². The van der Waals surface area contributed by atoms with Crippen LogP contribution in [0.4, 0.5) is 10.5 Å². The molecule has 6 rings (SSSR count). The molecule has 1 aliphatic rings. The maximum absolute atomic E-state index is 13.3. The Morgan fingerprint density at radius 2 is 1.34 bits per heavy atom. The van der Waals surface area contributed by atoms with Gasteiger partial charge >= 0.3 is 6.03 Å². The van der Waals surface area contributed by atoms with Gasteiger partial charge in [-0.25, -0.2) is 0 Å². The molecule has 1 aromatic heterocycles. The first kappa shape index (κ1) is 16.0. The van der Waals surface area contributed by atoms with Crippen LogP contribution in [0.5, 0.6) is 0 Å². The second kappa shape index (κ2) is 6.01. The fraction of sp³-hybridized carbons (Fsp3) is 0. The van der Waals surface area contributed by atoms with Crippen LogP contribution in [0.1, 0.15) is 5.69 Å². The summed E-state index contributed by atoms with van der Waals surface area (Å²) in [5, 5.41) is 4.75. The number of hydrogen-bond donors (Lipinski definition) is 0. The van der Waals surface area contributed by atoms with Gasteiger partial charge in [-0.2, -0.15) is 13.9 Å². The van der Waals surface area contributed by atoms with Gasteiger partial charge in [0.25, 0.3) is 0 Å². The Kier molecular flexibility index (Phi) is 3.32. The summed E-state index contributed by atoms with van der Waals surface area (Å²) >= 11 is 0. The topological polar surface area (TPSA) is 25.0 Å². The van der Waals surface area contributed by atoms with E-state index in [1.165, 1.54) is 16.2 Å². The average molecular weight is 373 g/mol. The highest BCUT2D eigenvalue weighted by molar-refractivity contribution is 6.14. The van der Waals surface area contributed by atoms with E-state index in [2.05, 4.69) is 54.6 Å². The third kappa shape index (κ3) is 2.31. The van der Waals surface area contributed by atoms with Crippen molar-refractivity contribution in [2.45, 2.75) is 0 Å². The smallest absolute Gasteiger partial charge is 0.196 e. The summed E-state index contributed by atoms with van der Waals surface area (Å²) in [5.74, 6) is 0. The molecule has 3 heteroatoms. The van der Waals surface area contributed by atoms with E-state index in [4.69, 9.17) is 0 Å². The molecule has 2 heterocycles. The molecule has 1 aliphatic heterocycles. The van der Waals surface area contributed by atoms with Crippen molar-refractivity contribution < 1.29 is 9.37 Å². The zero-order valence-electron chi connectivity index (χ0n) is 15.6. The average Bonchev–Trinajstić information content (AvgIpc) is 3.34. The van der Waals surface area contributed by atoms with Crippen LogP contribution >= 0.6 is 0 Å². The third-order valence-corrected chi connectivity index (χ3v) is 5.65. The lowest BCUT2D eigenvalue weighted by molar-refractivity contribution is -0.321. The van der Waals surface area contributed by atoms with Crippen molar-refractivity contribution in [1.82, 2.24) is 4.57 Å². The maximum Gasteiger partial charge on any atom is 0.509 e. The molecule has 0 saturated carbocycles. The summed E-state index contributed by atoms with van der Waals surface area (Å²) < 4.78 is 3.52.